The molecule has 2 aliphatic heterocycles. The molecular weight excluding hydrogens is 524 g/mol. The monoisotopic (exact) mass is 564 g/mol. The maximum absolute atomic E-state index is 12.9. The molecule has 2 saturated heterocycles. The second kappa shape index (κ2) is 10.5. The van der Waals surface area contributed by atoms with Crippen molar-refractivity contribution < 1.29 is 9.59 Å². The smallest absolute Gasteiger partial charge is 0.223 e. The highest BCUT2D eigenvalue weighted by Crippen LogP contribution is 2.38. The molecule has 8 rings (SSSR count). The van der Waals surface area contributed by atoms with Crippen LogP contribution in [-0.4, -0.2) is 54.6 Å². The fourth-order valence-electron chi connectivity index (χ4n) is 7.14. The average Bonchev–Trinajstić information content (AvgIpc) is 3.70. The summed E-state index contributed by atoms with van der Waals surface area (Å²) in [6.07, 6.45) is 12.1. The highest BCUT2D eigenvalue weighted by Gasteiger charge is 2.36. The van der Waals surface area contributed by atoms with E-state index in [1.165, 1.54) is 36.8 Å². The number of hydrogen-bond donors (Lipinski definition) is 2. The molecule has 0 spiro atoms. The molecule has 4 heterocycles. The molecule has 42 heavy (non-hydrogen) atoms. The Kier molecular flexibility index (Phi) is 6.53. The van der Waals surface area contributed by atoms with E-state index in [0.717, 1.165) is 85.3 Å². The van der Waals surface area contributed by atoms with Gasteiger partial charge in [-0.2, -0.15) is 0 Å². The van der Waals surface area contributed by atoms with E-state index in [-0.39, 0.29) is 12.1 Å². The van der Waals surface area contributed by atoms with Gasteiger partial charge < -0.3 is 19.8 Å². The van der Waals surface area contributed by atoms with E-state index in [1.807, 2.05) is 0 Å². The number of likely N-dealkylation sites (tertiary alicyclic amines) is 2. The lowest BCUT2D eigenvalue weighted by molar-refractivity contribution is -0.133. The number of aryl methyl sites for hydroxylation is 2. The number of aromatic amines is 2. The minimum Gasteiger partial charge on any atom is -0.340 e. The average molecular weight is 565 g/mol. The fourth-order valence-corrected chi connectivity index (χ4v) is 7.14. The number of H-pyrrole nitrogens is 2. The highest BCUT2D eigenvalue weighted by molar-refractivity contribution is 5.80. The van der Waals surface area contributed by atoms with Crippen LogP contribution in [-0.2, 0) is 22.4 Å². The van der Waals surface area contributed by atoms with E-state index in [9.17, 15) is 9.59 Å². The minimum atomic E-state index is 0.0748. The summed E-state index contributed by atoms with van der Waals surface area (Å²) in [5.74, 6) is 3.67. The van der Waals surface area contributed by atoms with E-state index < -0.39 is 0 Å². The number of nitrogens with one attached hydrogen (secondary N) is 2. The van der Waals surface area contributed by atoms with Crippen LogP contribution in [0.25, 0.3) is 22.1 Å². The van der Waals surface area contributed by atoms with Gasteiger partial charge in [-0.25, -0.2) is 9.97 Å². The van der Waals surface area contributed by atoms with Crippen LogP contribution >= 0.6 is 0 Å². The van der Waals surface area contributed by atoms with E-state index >= 15 is 0 Å². The van der Waals surface area contributed by atoms with Gasteiger partial charge in [-0.1, -0.05) is 12.1 Å². The normalized spacial score (nSPS) is 22.6. The third-order valence-electron chi connectivity index (χ3n) is 9.93. The molecule has 0 radical (unpaired) electrons. The molecule has 218 valence electrons. The maximum Gasteiger partial charge on any atom is 0.223 e. The maximum atomic E-state index is 12.9. The predicted molar refractivity (Wildman–Crippen MR) is 162 cm³/mol. The van der Waals surface area contributed by atoms with Crippen LogP contribution in [0, 0.1) is 11.8 Å². The lowest BCUT2D eigenvalue weighted by Gasteiger charge is -2.23. The van der Waals surface area contributed by atoms with Crippen LogP contribution < -0.4 is 0 Å². The first-order valence-electron chi connectivity index (χ1n) is 16.1. The van der Waals surface area contributed by atoms with Gasteiger partial charge in [-0.05, 0) is 111 Å². The fraction of sp³-hybridized carbons (Fsp3) is 0.529. The number of benzene rings is 2. The Balaban J connectivity index is 0.941. The molecule has 0 unspecified atom stereocenters. The lowest BCUT2D eigenvalue weighted by atomic mass is 10.0. The van der Waals surface area contributed by atoms with Gasteiger partial charge in [0, 0.05) is 25.9 Å². The van der Waals surface area contributed by atoms with Crippen molar-refractivity contribution in [1.29, 1.82) is 0 Å². The van der Waals surface area contributed by atoms with Gasteiger partial charge in [0.1, 0.15) is 11.6 Å². The molecule has 2 saturated carbocycles. The van der Waals surface area contributed by atoms with Crippen LogP contribution in [0.4, 0.5) is 0 Å². The molecule has 2 aliphatic carbocycles. The second-order valence-electron chi connectivity index (χ2n) is 13.2. The van der Waals surface area contributed by atoms with E-state index in [1.54, 1.807) is 0 Å². The van der Waals surface area contributed by atoms with Gasteiger partial charge in [0.25, 0.3) is 0 Å². The summed E-state index contributed by atoms with van der Waals surface area (Å²) >= 11 is 0. The van der Waals surface area contributed by atoms with Gasteiger partial charge in [0.2, 0.25) is 11.8 Å². The molecule has 2 aromatic heterocycles. The SMILES string of the molecule is O=C(CC1CC1)N1CCC[C@H]1c1nc2ccc(CCc3ccc4nc([C@@H]5CCCN5C(=O)CC5CC5)[nH]c4c3)cc2[nH]1. The van der Waals surface area contributed by atoms with E-state index in [4.69, 9.17) is 9.97 Å². The largest absolute Gasteiger partial charge is 0.340 e. The topological polar surface area (TPSA) is 98.0 Å². The van der Waals surface area contributed by atoms with Gasteiger partial charge in [-0.15, -0.1) is 0 Å². The Hall–Kier alpha value is -3.68. The molecule has 2 N–H and O–H groups in total. The number of fused-ring (bicyclic) bond motifs is 2. The Morgan fingerprint density at radius 3 is 1.55 bits per heavy atom. The number of rotatable bonds is 9. The van der Waals surface area contributed by atoms with Crippen molar-refractivity contribution in [3.63, 3.8) is 0 Å². The number of nitrogens with zero attached hydrogens (tertiary/aromatic N) is 4. The first-order chi connectivity index (χ1) is 20.6. The molecule has 8 nitrogen and oxygen atoms in total. The number of amides is 2. The first-order valence-corrected chi connectivity index (χ1v) is 16.1. The number of carbonyl (C=O) groups excluding carboxylic acids is 2. The zero-order valence-corrected chi connectivity index (χ0v) is 24.3. The Bertz CT molecular complexity index is 1520. The number of carbonyl (C=O) groups is 2. The zero-order chi connectivity index (χ0) is 28.2. The molecule has 4 aliphatic rings. The summed E-state index contributed by atoms with van der Waals surface area (Å²) in [5, 5.41) is 0. The molecule has 2 aromatic carbocycles. The number of imidazole rings is 2. The third-order valence-corrected chi connectivity index (χ3v) is 9.93. The first kappa shape index (κ1) is 26.0. The van der Waals surface area contributed by atoms with Crippen LogP contribution in [0.5, 0.6) is 0 Å². The summed E-state index contributed by atoms with van der Waals surface area (Å²) in [6.45, 7) is 1.69. The van der Waals surface area contributed by atoms with E-state index in [2.05, 4.69) is 56.2 Å². The summed E-state index contributed by atoms with van der Waals surface area (Å²) in [6, 6.07) is 13.2. The molecule has 2 amide bonds. The van der Waals surface area contributed by atoms with Crippen LogP contribution in [0.3, 0.4) is 0 Å². The van der Waals surface area contributed by atoms with Crippen molar-refractivity contribution >= 4 is 33.9 Å². The van der Waals surface area contributed by atoms with Gasteiger partial charge >= 0.3 is 0 Å². The molecule has 4 aromatic rings. The van der Waals surface area contributed by atoms with Crippen molar-refractivity contribution in [2.24, 2.45) is 11.8 Å². The van der Waals surface area contributed by atoms with Gasteiger partial charge in [-0.3, -0.25) is 9.59 Å². The summed E-state index contributed by atoms with van der Waals surface area (Å²) < 4.78 is 0. The molecule has 4 fully saturated rings. The van der Waals surface area contributed by atoms with Crippen molar-refractivity contribution in [1.82, 2.24) is 29.7 Å². The van der Waals surface area contributed by atoms with Gasteiger partial charge in [0.15, 0.2) is 0 Å². The second-order valence-corrected chi connectivity index (χ2v) is 13.2. The Labute approximate surface area is 246 Å². The molecule has 2 atom stereocenters. The highest BCUT2D eigenvalue weighted by atomic mass is 16.2. The lowest BCUT2D eigenvalue weighted by Crippen LogP contribution is -2.31. The molecular formula is C34H40N6O2. The van der Waals surface area contributed by atoms with Crippen molar-refractivity contribution in [3.8, 4) is 0 Å². The van der Waals surface area contributed by atoms with Crippen LogP contribution in [0.15, 0.2) is 36.4 Å². The quantitative estimate of drug-likeness (QED) is 0.255. The summed E-state index contributed by atoms with van der Waals surface area (Å²) in [4.78, 5) is 46.8. The van der Waals surface area contributed by atoms with E-state index in [0.29, 0.717) is 36.5 Å². The number of aromatic nitrogens is 4. The third kappa shape index (κ3) is 5.20. The molecule has 8 heteroatoms. The zero-order valence-electron chi connectivity index (χ0n) is 24.3. The minimum absolute atomic E-state index is 0.0748. The van der Waals surface area contributed by atoms with Crippen molar-refractivity contribution in [3.05, 3.63) is 59.2 Å². The Morgan fingerprint density at radius 1 is 0.667 bits per heavy atom. The van der Waals surface area contributed by atoms with Gasteiger partial charge in [0.05, 0.1) is 34.2 Å². The number of hydrogen-bond acceptors (Lipinski definition) is 4. The predicted octanol–water partition coefficient (Wildman–Crippen LogP) is 6.15. The summed E-state index contributed by atoms with van der Waals surface area (Å²) in [7, 11) is 0. The Morgan fingerprint density at radius 2 is 1.12 bits per heavy atom. The van der Waals surface area contributed by atoms with Crippen LogP contribution in [0.2, 0.25) is 0 Å². The summed E-state index contributed by atoms with van der Waals surface area (Å²) in [5.41, 5.74) is 6.58. The standard InChI is InChI=1S/C34H40N6O2/c41-31(19-23-7-8-23)39-15-1-3-29(39)33-35-25-13-11-21(17-27(25)37-33)5-6-22-12-14-26-28(18-22)38-34(36-26)30-4-2-16-40(30)32(42)20-24-9-10-24/h11-14,17-18,23-24,29-30H,1-10,15-16,19-20H2,(H,35,37)(H,36,38)/t29-,30-/m0/s1. The van der Waals surface area contributed by atoms with Crippen molar-refractivity contribution in [2.75, 3.05) is 13.1 Å². The molecule has 0 bridgehead atoms. The van der Waals surface area contributed by atoms with Crippen molar-refractivity contribution in [2.45, 2.75) is 89.1 Å². The van der Waals surface area contributed by atoms with Crippen LogP contribution in [0.1, 0.15) is 99.1 Å².